The van der Waals surface area contributed by atoms with Gasteiger partial charge in [0, 0.05) is 20.0 Å². The molecule has 1 saturated heterocycles. The van der Waals surface area contributed by atoms with Crippen LogP contribution in [0.15, 0.2) is 23.9 Å². The number of hydrogen-bond acceptors (Lipinski definition) is 5. The van der Waals surface area contributed by atoms with Crippen molar-refractivity contribution in [3.05, 3.63) is 39.5 Å². The summed E-state index contributed by atoms with van der Waals surface area (Å²) >= 11 is 11.5. The molecular weight excluding hydrogens is 374 g/mol. The number of anilines is 1. The van der Waals surface area contributed by atoms with Gasteiger partial charge in [0.2, 0.25) is 0 Å². The van der Waals surface area contributed by atoms with Crippen molar-refractivity contribution in [1.82, 2.24) is 0 Å². The first kappa shape index (κ1) is 18.4. The highest BCUT2D eigenvalue weighted by molar-refractivity contribution is 6.39. The smallest absolute Gasteiger partial charge is 0.416 e. The summed E-state index contributed by atoms with van der Waals surface area (Å²) in [5, 5.41) is 1.74. The van der Waals surface area contributed by atoms with E-state index in [0.717, 1.165) is 6.20 Å². The number of hydrogen-bond donors (Lipinski definition) is 1. The zero-order valence-corrected chi connectivity index (χ0v) is 13.8. The Balaban J connectivity index is 2.29. The van der Waals surface area contributed by atoms with Gasteiger partial charge in [-0.15, -0.1) is 0 Å². The number of benzene rings is 1. The lowest BCUT2D eigenvalue weighted by Gasteiger charge is -2.29. The van der Waals surface area contributed by atoms with Crippen molar-refractivity contribution in [2.24, 2.45) is 0 Å². The van der Waals surface area contributed by atoms with Gasteiger partial charge in [0.15, 0.2) is 5.57 Å². The lowest BCUT2D eigenvalue weighted by atomic mass is 10.2. The van der Waals surface area contributed by atoms with Crippen molar-refractivity contribution in [3.63, 3.8) is 0 Å². The van der Waals surface area contributed by atoms with Crippen LogP contribution < -0.4 is 5.32 Å². The number of rotatable bonds is 2. The second kappa shape index (κ2) is 6.18. The summed E-state index contributed by atoms with van der Waals surface area (Å²) in [5.74, 6) is -3.32. The first-order chi connectivity index (χ1) is 10.9. The fraction of sp³-hybridized carbons (Fsp3) is 0.286. The van der Waals surface area contributed by atoms with E-state index in [-0.39, 0.29) is 15.7 Å². The van der Waals surface area contributed by atoms with E-state index < -0.39 is 35.0 Å². The molecule has 24 heavy (non-hydrogen) atoms. The molecule has 0 amide bonds. The highest BCUT2D eigenvalue weighted by Crippen LogP contribution is 2.38. The predicted molar refractivity (Wildman–Crippen MR) is 79.4 cm³/mol. The van der Waals surface area contributed by atoms with Crippen LogP contribution in [0.2, 0.25) is 10.0 Å². The average molecular weight is 384 g/mol. The first-order valence-electron chi connectivity index (χ1n) is 6.40. The number of nitrogens with one attached hydrogen (secondary N) is 1. The molecule has 0 aliphatic carbocycles. The van der Waals surface area contributed by atoms with E-state index >= 15 is 0 Å². The molecule has 0 spiro atoms. The number of ether oxygens (including phenoxy) is 2. The van der Waals surface area contributed by atoms with Gasteiger partial charge in [-0.25, -0.2) is 9.59 Å². The van der Waals surface area contributed by atoms with Crippen LogP contribution in [-0.4, -0.2) is 17.7 Å². The zero-order chi connectivity index (χ0) is 18.3. The van der Waals surface area contributed by atoms with E-state index in [9.17, 15) is 22.8 Å². The number of esters is 2. The summed E-state index contributed by atoms with van der Waals surface area (Å²) < 4.78 is 47.7. The van der Waals surface area contributed by atoms with Crippen LogP contribution in [0, 0.1) is 0 Å². The highest BCUT2D eigenvalue weighted by Gasteiger charge is 2.39. The molecule has 1 aliphatic rings. The quantitative estimate of drug-likeness (QED) is 0.472. The van der Waals surface area contributed by atoms with Gasteiger partial charge in [0.05, 0.1) is 21.3 Å². The van der Waals surface area contributed by atoms with E-state index in [1.54, 1.807) is 0 Å². The maximum absolute atomic E-state index is 12.7. The summed E-state index contributed by atoms with van der Waals surface area (Å²) in [7, 11) is 0. The van der Waals surface area contributed by atoms with Crippen molar-refractivity contribution >= 4 is 40.8 Å². The molecule has 1 N–H and O–H groups in total. The third-order valence-corrected chi connectivity index (χ3v) is 3.44. The van der Waals surface area contributed by atoms with Crippen molar-refractivity contribution < 1.29 is 32.2 Å². The van der Waals surface area contributed by atoms with Gasteiger partial charge in [-0.3, -0.25) is 0 Å². The minimum Gasteiger partial charge on any atom is -0.419 e. The van der Waals surface area contributed by atoms with Gasteiger partial charge >= 0.3 is 18.1 Å². The molecule has 1 aromatic carbocycles. The van der Waals surface area contributed by atoms with Crippen molar-refractivity contribution in [3.8, 4) is 0 Å². The largest absolute Gasteiger partial charge is 0.419 e. The molecule has 0 radical (unpaired) electrons. The molecule has 0 unspecified atom stereocenters. The van der Waals surface area contributed by atoms with Crippen LogP contribution >= 0.6 is 23.2 Å². The minimum atomic E-state index is -4.62. The van der Waals surface area contributed by atoms with E-state index in [2.05, 4.69) is 5.32 Å². The van der Waals surface area contributed by atoms with E-state index in [4.69, 9.17) is 32.7 Å². The van der Waals surface area contributed by atoms with Crippen molar-refractivity contribution in [2.45, 2.75) is 25.8 Å². The predicted octanol–water partition coefficient (Wildman–Crippen LogP) is 4.14. The van der Waals surface area contributed by atoms with E-state index in [1.807, 2.05) is 0 Å². The Morgan fingerprint density at radius 3 is 1.96 bits per heavy atom. The van der Waals surface area contributed by atoms with Gasteiger partial charge in [-0.2, -0.15) is 13.2 Å². The third kappa shape index (κ3) is 3.93. The summed E-state index contributed by atoms with van der Waals surface area (Å²) in [5.41, 5.74) is -1.63. The second-order valence-electron chi connectivity index (χ2n) is 5.19. The van der Waals surface area contributed by atoms with Crippen molar-refractivity contribution in [1.29, 1.82) is 0 Å². The van der Waals surface area contributed by atoms with E-state index in [1.165, 1.54) is 13.8 Å². The summed E-state index contributed by atoms with van der Waals surface area (Å²) in [4.78, 5) is 23.5. The van der Waals surface area contributed by atoms with Crippen LogP contribution in [0.4, 0.5) is 18.9 Å². The molecule has 0 bridgehead atoms. The topological polar surface area (TPSA) is 64.6 Å². The molecule has 0 atom stereocenters. The Morgan fingerprint density at radius 2 is 1.54 bits per heavy atom. The number of carbonyl (C=O) groups excluding carboxylic acids is 2. The van der Waals surface area contributed by atoms with Gasteiger partial charge in [-0.1, -0.05) is 23.2 Å². The summed E-state index contributed by atoms with van der Waals surface area (Å²) in [6, 6.07) is 1.32. The Hall–Kier alpha value is -1.93. The molecule has 0 aromatic heterocycles. The van der Waals surface area contributed by atoms with Gasteiger partial charge in [0.1, 0.15) is 0 Å². The molecule has 2 rings (SSSR count). The monoisotopic (exact) mass is 383 g/mol. The Labute approximate surface area is 144 Å². The van der Waals surface area contributed by atoms with Gasteiger partial charge in [0.25, 0.3) is 5.79 Å². The van der Waals surface area contributed by atoms with Gasteiger partial charge < -0.3 is 14.8 Å². The minimum absolute atomic E-state index is 0.107. The molecule has 1 heterocycles. The normalized spacial score (nSPS) is 17.2. The fourth-order valence-corrected chi connectivity index (χ4v) is 2.39. The van der Waals surface area contributed by atoms with E-state index in [0.29, 0.717) is 12.1 Å². The number of halogens is 5. The van der Waals surface area contributed by atoms with Crippen molar-refractivity contribution in [2.75, 3.05) is 5.32 Å². The summed E-state index contributed by atoms with van der Waals surface area (Å²) in [6.45, 7) is 2.74. The molecule has 5 nitrogen and oxygen atoms in total. The second-order valence-corrected chi connectivity index (χ2v) is 6.01. The standard InChI is InChI=1S/C14H10Cl2F3NO4/c1-13(2)23-11(21)7(12(22)24-13)5-20-10-8(15)3-6(4-9(10)16)14(17,18)19/h3-5,20H,1-2H3. The maximum atomic E-state index is 12.7. The lowest BCUT2D eigenvalue weighted by Crippen LogP contribution is -2.42. The highest BCUT2D eigenvalue weighted by atomic mass is 35.5. The first-order valence-corrected chi connectivity index (χ1v) is 7.16. The van der Waals surface area contributed by atoms with Crippen LogP contribution in [0.5, 0.6) is 0 Å². The Morgan fingerprint density at radius 1 is 1.08 bits per heavy atom. The molecule has 10 heteroatoms. The zero-order valence-electron chi connectivity index (χ0n) is 12.3. The van der Waals surface area contributed by atoms with Crippen LogP contribution in [0.25, 0.3) is 0 Å². The average Bonchev–Trinajstić information content (AvgIpc) is 2.37. The van der Waals surface area contributed by atoms with Gasteiger partial charge in [-0.05, 0) is 12.1 Å². The third-order valence-electron chi connectivity index (χ3n) is 2.85. The lowest BCUT2D eigenvalue weighted by molar-refractivity contribution is -0.222. The molecule has 0 saturated carbocycles. The SMILES string of the molecule is CC1(C)OC(=O)C(=CNc2c(Cl)cc(C(F)(F)F)cc2Cl)C(=O)O1. The number of alkyl halides is 3. The molecule has 1 aromatic rings. The molecule has 1 aliphatic heterocycles. The fourth-order valence-electron chi connectivity index (χ4n) is 1.80. The summed E-state index contributed by atoms with van der Waals surface area (Å²) in [6.07, 6.45) is -3.72. The number of carbonyl (C=O) groups is 2. The Kier molecular flexibility index (Phi) is 4.74. The van der Waals surface area contributed by atoms with Crippen LogP contribution in [0.3, 0.4) is 0 Å². The maximum Gasteiger partial charge on any atom is 0.416 e. The molecule has 1 fully saturated rings. The van der Waals surface area contributed by atoms with Crippen LogP contribution in [0.1, 0.15) is 19.4 Å². The van der Waals surface area contributed by atoms with Crippen LogP contribution in [-0.2, 0) is 25.2 Å². The molecular formula is C14H10Cl2F3NO4. The Bertz CT molecular complexity index is 699. The number of cyclic esters (lactones) is 2. The molecule has 130 valence electrons.